The molecule has 0 saturated heterocycles. The predicted molar refractivity (Wildman–Crippen MR) is 72.5 cm³/mol. The van der Waals surface area contributed by atoms with Crippen molar-refractivity contribution >= 4 is 39.1 Å². The van der Waals surface area contributed by atoms with Crippen LogP contribution in [0.25, 0.3) is 0 Å². The van der Waals surface area contributed by atoms with Gasteiger partial charge in [-0.3, -0.25) is 4.79 Å². The minimum Gasteiger partial charge on any atom is -0.345 e. The molecule has 0 bridgehead atoms. The van der Waals surface area contributed by atoms with Crippen LogP contribution >= 0.6 is 27.5 Å². The number of hydrogen-bond donors (Lipinski definition) is 1. The molecule has 94 valence electrons. The number of halogens is 3. The van der Waals surface area contributed by atoms with Crippen molar-refractivity contribution in [2.75, 3.05) is 5.32 Å². The molecule has 1 heterocycles. The molecule has 18 heavy (non-hydrogen) atoms. The highest BCUT2D eigenvalue weighted by Crippen LogP contribution is 2.21. The molecule has 2 aromatic rings. The number of rotatable bonds is 2. The fourth-order valence-electron chi connectivity index (χ4n) is 1.53. The van der Waals surface area contributed by atoms with Crippen molar-refractivity contribution < 1.29 is 9.18 Å². The lowest BCUT2D eigenvalue weighted by molar-refractivity contribution is 0.101. The minimum atomic E-state index is -0.527. The van der Waals surface area contributed by atoms with E-state index >= 15 is 0 Å². The average Bonchev–Trinajstić information content (AvgIpc) is 2.63. The van der Waals surface area contributed by atoms with E-state index in [1.165, 1.54) is 18.2 Å². The summed E-state index contributed by atoms with van der Waals surface area (Å²) in [5, 5.41) is 2.84. The van der Waals surface area contributed by atoms with Crippen LogP contribution in [-0.2, 0) is 7.05 Å². The summed E-state index contributed by atoms with van der Waals surface area (Å²) in [6.45, 7) is 0. The van der Waals surface area contributed by atoms with Crippen molar-refractivity contribution in [1.29, 1.82) is 0 Å². The van der Waals surface area contributed by atoms with E-state index in [1.807, 2.05) is 0 Å². The third kappa shape index (κ3) is 2.73. The van der Waals surface area contributed by atoms with Crippen LogP contribution in [-0.4, -0.2) is 10.5 Å². The Balaban J connectivity index is 2.26. The number of hydrogen-bond acceptors (Lipinski definition) is 1. The van der Waals surface area contributed by atoms with Gasteiger partial charge in [0.05, 0.1) is 5.69 Å². The Morgan fingerprint density at radius 2 is 2.17 bits per heavy atom. The molecule has 0 unspecified atom stereocenters. The molecule has 0 fully saturated rings. The lowest BCUT2D eigenvalue weighted by Gasteiger charge is -2.07. The molecule has 0 aliphatic carbocycles. The lowest BCUT2D eigenvalue weighted by atomic mass is 10.3. The number of benzene rings is 1. The van der Waals surface area contributed by atoms with E-state index in [2.05, 4.69) is 21.2 Å². The zero-order chi connectivity index (χ0) is 13.3. The largest absolute Gasteiger partial charge is 0.345 e. The van der Waals surface area contributed by atoms with Crippen molar-refractivity contribution in [2.24, 2.45) is 7.05 Å². The number of amides is 1. The van der Waals surface area contributed by atoms with Gasteiger partial charge in [0.2, 0.25) is 0 Å². The maximum Gasteiger partial charge on any atom is 0.272 e. The second-order valence-corrected chi connectivity index (χ2v) is 5.08. The van der Waals surface area contributed by atoms with Gasteiger partial charge < -0.3 is 9.88 Å². The van der Waals surface area contributed by atoms with E-state index in [0.717, 1.165) is 4.47 Å². The highest BCUT2D eigenvalue weighted by Gasteiger charge is 2.13. The first-order valence-corrected chi connectivity index (χ1v) is 6.23. The molecular formula is C12H9BrClFN2O. The smallest absolute Gasteiger partial charge is 0.272 e. The van der Waals surface area contributed by atoms with E-state index in [0.29, 0.717) is 10.7 Å². The van der Waals surface area contributed by atoms with Crippen LogP contribution in [0.15, 0.2) is 34.9 Å². The molecule has 0 saturated carbocycles. The van der Waals surface area contributed by atoms with Crippen molar-refractivity contribution in [1.82, 2.24) is 4.57 Å². The molecule has 0 aliphatic heterocycles. The van der Waals surface area contributed by atoms with Gasteiger partial charge in [0, 0.05) is 22.7 Å². The highest BCUT2D eigenvalue weighted by atomic mass is 79.9. The fourth-order valence-corrected chi connectivity index (χ4v) is 2.23. The van der Waals surface area contributed by atoms with Crippen molar-refractivity contribution in [3.8, 4) is 0 Å². The summed E-state index contributed by atoms with van der Waals surface area (Å²) in [5.74, 6) is -0.926. The summed E-state index contributed by atoms with van der Waals surface area (Å²) >= 11 is 9.02. The van der Waals surface area contributed by atoms with Gasteiger partial charge in [0.15, 0.2) is 0 Å². The molecule has 2 rings (SSSR count). The number of nitrogens with zero attached hydrogens (tertiary/aromatic N) is 1. The molecule has 1 aromatic carbocycles. The summed E-state index contributed by atoms with van der Waals surface area (Å²) in [7, 11) is 1.73. The van der Waals surface area contributed by atoms with Gasteiger partial charge in [0.25, 0.3) is 5.91 Å². The Morgan fingerprint density at radius 3 is 2.78 bits per heavy atom. The van der Waals surface area contributed by atoms with E-state index in [1.54, 1.807) is 23.9 Å². The normalized spacial score (nSPS) is 10.4. The number of carbonyl (C=O) groups is 1. The Hall–Kier alpha value is -1.33. The summed E-state index contributed by atoms with van der Waals surface area (Å²) in [6, 6.07) is 5.65. The van der Waals surface area contributed by atoms with Crippen LogP contribution < -0.4 is 5.32 Å². The summed E-state index contributed by atoms with van der Waals surface area (Å²) < 4.78 is 15.9. The van der Waals surface area contributed by atoms with Crippen LogP contribution in [0.3, 0.4) is 0 Å². The van der Waals surface area contributed by atoms with Gasteiger partial charge in [-0.15, -0.1) is 0 Å². The molecule has 1 N–H and O–H groups in total. The van der Waals surface area contributed by atoms with Crippen LogP contribution in [0.5, 0.6) is 0 Å². The topological polar surface area (TPSA) is 34.0 Å². The second-order valence-electron chi connectivity index (χ2n) is 3.73. The number of nitrogens with one attached hydrogen (secondary N) is 1. The SMILES string of the molecule is Cn1cc(Br)cc1C(=O)Nc1cc(Cl)ccc1F. The molecular weight excluding hydrogens is 322 g/mol. The van der Waals surface area contributed by atoms with Crippen LogP contribution in [0.1, 0.15) is 10.5 Å². The van der Waals surface area contributed by atoms with Crippen molar-refractivity contribution in [3.05, 3.63) is 51.5 Å². The van der Waals surface area contributed by atoms with Crippen LogP contribution in [0, 0.1) is 5.82 Å². The summed E-state index contributed by atoms with van der Waals surface area (Å²) in [5.41, 5.74) is 0.478. The van der Waals surface area contributed by atoms with Gasteiger partial charge in [-0.2, -0.15) is 0 Å². The number of aryl methyl sites for hydroxylation is 1. The van der Waals surface area contributed by atoms with E-state index in [-0.39, 0.29) is 5.69 Å². The first-order valence-electron chi connectivity index (χ1n) is 5.05. The number of aromatic nitrogens is 1. The average molecular weight is 332 g/mol. The first kappa shape index (κ1) is 13.1. The van der Waals surface area contributed by atoms with Gasteiger partial charge in [-0.05, 0) is 40.2 Å². The molecule has 0 spiro atoms. The molecule has 0 radical (unpaired) electrons. The first-order chi connectivity index (χ1) is 8.47. The summed E-state index contributed by atoms with van der Waals surface area (Å²) in [6.07, 6.45) is 1.74. The molecule has 0 aliphatic rings. The second kappa shape index (κ2) is 5.12. The van der Waals surface area contributed by atoms with Gasteiger partial charge >= 0.3 is 0 Å². The fraction of sp³-hybridized carbons (Fsp3) is 0.0833. The molecule has 0 atom stereocenters. The zero-order valence-corrected chi connectivity index (χ0v) is 11.7. The standard InChI is InChI=1S/C12H9BrClFN2O/c1-17-6-7(13)4-11(17)12(18)16-10-5-8(14)2-3-9(10)15/h2-6H,1H3,(H,16,18). The lowest BCUT2D eigenvalue weighted by Crippen LogP contribution is -2.16. The zero-order valence-electron chi connectivity index (χ0n) is 9.38. The maximum atomic E-state index is 13.5. The van der Waals surface area contributed by atoms with Crippen molar-refractivity contribution in [2.45, 2.75) is 0 Å². The molecule has 1 aromatic heterocycles. The maximum absolute atomic E-state index is 13.5. The molecule has 3 nitrogen and oxygen atoms in total. The van der Waals surface area contributed by atoms with Crippen LogP contribution in [0.4, 0.5) is 10.1 Å². The van der Waals surface area contributed by atoms with E-state index in [4.69, 9.17) is 11.6 Å². The Bertz CT molecular complexity index is 612. The Labute approximate surface area is 117 Å². The Morgan fingerprint density at radius 1 is 1.44 bits per heavy atom. The van der Waals surface area contributed by atoms with Gasteiger partial charge in [-0.25, -0.2) is 4.39 Å². The summed E-state index contributed by atoms with van der Waals surface area (Å²) in [4.78, 5) is 11.9. The highest BCUT2D eigenvalue weighted by molar-refractivity contribution is 9.10. The third-order valence-corrected chi connectivity index (χ3v) is 3.05. The monoisotopic (exact) mass is 330 g/mol. The number of anilines is 1. The van der Waals surface area contributed by atoms with Crippen molar-refractivity contribution in [3.63, 3.8) is 0 Å². The molecule has 1 amide bonds. The number of carbonyl (C=O) groups excluding carboxylic acids is 1. The molecule has 6 heteroatoms. The van der Waals surface area contributed by atoms with Crippen LogP contribution in [0.2, 0.25) is 5.02 Å². The van der Waals surface area contributed by atoms with E-state index < -0.39 is 11.7 Å². The quantitative estimate of drug-likeness (QED) is 0.891. The third-order valence-electron chi connectivity index (χ3n) is 2.38. The Kier molecular flexibility index (Phi) is 3.73. The van der Waals surface area contributed by atoms with Gasteiger partial charge in [0.1, 0.15) is 11.5 Å². The van der Waals surface area contributed by atoms with Gasteiger partial charge in [-0.1, -0.05) is 11.6 Å². The predicted octanol–water partition coefficient (Wildman–Crippen LogP) is 3.83. The minimum absolute atomic E-state index is 0.0600. The van der Waals surface area contributed by atoms with E-state index in [9.17, 15) is 9.18 Å².